The smallest absolute Gasteiger partial charge is 0.343 e. The molecule has 0 aromatic heterocycles. The standard InChI is InChI=1S/C20H25NO4S/c1-5-15(21-24-13-26-4)18-16(22)11-20(2,3)12-17(18)25-19(23)14-9-7-6-8-10-14/h6-10H,5,11-13H2,1-4H3/b21-15-. The molecule has 0 saturated carbocycles. The summed E-state index contributed by atoms with van der Waals surface area (Å²) in [6.07, 6.45) is 3.30. The highest BCUT2D eigenvalue weighted by molar-refractivity contribution is 7.98. The molecule has 0 bridgehead atoms. The van der Waals surface area contributed by atoms with E-state index < -0.39 is 5.97 Å². The van der Waals surface area contributed by atoms with Crippen LogP contribution in [0.3, 0.4) is 0 Å². The van der Waals surface area contributed by atoms with E-state index in [9.17, 15) is 9.59 Å². The Hall–Kier alpha value is -2.08. The van der Waals surface area contributed by atoms with Gasteiger partial charge in [-0.2, -0.15) is 0 Å². The number of oxime groups is 1. The molecule has 0 amide bonds. The first-order valence-corrected chi connectivity index (χ1v) is 9.99. The zero-order valence-electron chi connectivity index (χ0n) is 15.7. The molecule has 140 valence electrons. The van der Waals surface area contributed by atoms with E-state index in [1.165, 1.54) is 11.8 Å². The summed E-state index contributed by atoms with van der Waals surface area (Å²) in [5, 5.41) is 4.11. The highest BCUT2D eigenvalue weighted by Gasteiger charge is 2.37. The molecule has 2 rings (SSSR count). The summed E-state index contributed by atoms with van der Waals surface area (Å²) in [7, 11) is 0. The number of hydrogen-bond donors (Lipinski definition) is 0. The van der Waals surface area contributed by atoms with Gasteiger partial charge in [-0.3, -0.25) is 4.79 Å². The summed E-state index contributed by atoms with van der Waals surface area (Å²) in [5.41, 5.74) is 1.09. The molecule has 0 aliphatic heterocycles. The minimum absolute atomic E-state index is 0.0644. The minimum atomic E-state index is -0.468. The highest BCUT2D eigenvalue weighted by Crippen LogP contribution is 2.38. The van der Waals surface area contributed by atoms with E-state index in [2.05, 4.69) is 5.16 Å². The van der Waals surface area contributed by atoms with Crippen LogP contribution in [0.2, 0.25) is 0 Å². The van der Waals surface area contributed by atoms with Gasteiger partial charge in [-0.25, -0.2) is 4.79 Å². The molecule has 1 aliphatic carbocycles. The molecule has 0 fully saturated rings. The maximum absolute atomic E-state index is 12.8. The van der Waals surface area contributed by atoms with Crippen molar-refractivity contribution in [1.29, 1.82) is 0 Å². The Morgan fingerprint density at radius 1 is 1.23 bits per heavy atom. The number of nitrogens with zero attached hydrogens (tertiary/aromatic N) is 1. The summed E-state index contributed by atoms with van der Waals surface area (Å²) >= 11 is 1.49. The van der Waals surface area contributed by atoms with Gasteiger partial charge in [-0.1, -0.05) is 44.1 Å². The van der Waals surface area contributed by atoms with Gasteiger partial charge >= 0.3 is 5.97 Å². The predicted molar refractivity (Wildman–Crippen MR) is 104 cm³/mol. The average Bonchev–Trinajstić information content (AvgIpc) is 2.59. The molecule has 1 aromatic carbocycles. The maximum atomic E-state index is 12.8. The first-order valence-electron chi connectivity index (χ1n) is 8.59. The van der Waals surface area contributed by atoms with Crippen molar-refractivity contribution in [3.05, 3.63) is 47.2 Å². The zero-order chi connectivity index (χ0) is 19.2. The topological polar surface area (TPSA) is 65.0 Å². The second-order valence-corrected chi connectivity index (χ2v) is 7.73. The van der Waals surface area contributed by atoms with Gasteiger partial charge < -0.3 is 9.57 Å². The number of benzene rings is 1. The fourth-order valence-corrected chi connectivity index (χ4v) is 3.02. The van der Waals surface area contributed by atoms with Crippen molar-refractivity contribution in [3.63, 3.8) is 0 Å². The maximum Gasteiger partial charge on any atom is 0.343 e. The number of hydrogen-bond acceptors (Lipinski definition) is 6. The van der Waals surface area contributed by atoms with Gasteiger partial charge in [0.2, 0.25) is 0 Å². The van der Waals surface area contributed by atoms with Crippen LogP contribution in [0.25, 0.3) is 0 Å². The van der Waals surface area contributed by atoms with Crippen LogP contribution in [0.15, 0.2) is 46.8 Å². The lowest BCUT2D eigenvalue weighted by molar-refractivity contribution is -0.118. The molecule has 1 aliphatic rings. The van der Waals surface area contributed by atoms with E-state index in [1.807, 2.05) is 33.1 Å². The minimum Gasteiger partial charge on any atom is -0.427 e. The summed E-state index contributed by atoms with van der Waals surface area (Å²) < 4.78 is 5.66. The Balaban J connectivity index is 2.39. The number of ketones is 1. The predicted octanol–water partition coefficient (Wildman–Crippen LogP) is 4.59. The Labute approximate surface area is 158 Å². The molecule has 0 saturated heterocycles. The monoisotopic (exact) mass is 375 g/mol. The first kappa shape index (κ1) is 20.2. The normalized spacial score (nSPS) is 17.2. The third kappa shape index (κ3) is 5.21. The van der Waals surface area contributed by atoms with E-state index >= 15 is 0 Å². The van der Waals surface area contributed by atoms with E-state index in [0.717, 1.165) is 0 Å². The Morgan fingerprint density at radius 3 is 2.54 bits per heavy atom. The van der Waals surface area contributed by atoms with Gasteiger partial charge in [0.05, 0.1) is 16.8 Å². The first-order chi connectivity index (χ1) is 12.4. The second kappa shape index (κ2) is 9.03. The van der Waals surface area contributed by atoms with Crippen LogP contribution < -0.4 is 0 Å². The number of thioether (sulfide) groups is 1. The molecule has 0 N–H and O–H groups in total. The van der Waals surface area contributed by atoms with Crippen molar-refractivity contribution in [2.24, 2.45) is 10.6 Å². The molecule has 5 nitrogen and oxygen atoms in total. The molecule has 6 heteroatoms. The number of esters is 1. The Bertz CT molecular complexity index is 723. The molecule has 0 radical (unpaired) electrons. The lowest BCUT2D eigenvalue weighted by Gasteiger charge is -2.31. The van der Waals surface area contributed by atoms with Gasteiger partial charge in [-0.05, 0) is 30.2 Å². The van der Waals surface area contributed by atoms with Gasteiger partial charge in [-0.15, -0.1) is 11.8 Å². The van der Waals surface area contributed by atoms with E-state index in [-0.39, 0.29) is 11.2 Å². The Morgan fingerprint density at radius 2 is 1.92 bits per heavy atom. The van der Waals surface area contributed by atoms with Crippen molar-refractivity contribution in [2.75, 3.05) is 12.2 Å². The van der Waals surface area contributed by atoms with Crippen molar-refractivity contribution >= 4 is 29.2 Å². The number of carbonyl (C=O) groups is 2. The van der Waals surface area contributed by atoms with Gasteiger partial charge in [0, 0.05) is 12.8 Å². The average molecular weight is 375 g/mol. The van der Waals surface area contributed by atoms with Gasteiger partial charge in [0.25, 0.3) is 0 Å². The van der Waals surface area contributed by atoms with Crippen molar-refractivity contribution < 1.29 is 19.2 Å². The summed E-state index contributed by atoms with van der Waals surface area (Å²) in [5.74, 6) is 0.248. The fraction of sp³-hybridized carbons (Fsp3) is 0.450. The van der Waals surface area contributed by atoms with Crippen LogP contribution in [0.1, 0.15) is 50.4 Å². The SMILES string of the molecule is CC/C(=N/OCSC)C1=C(OC(=O)c2ccccc2)CC(C)(C)CC1=O. The van der Waals surface area contributed by atoms with E-state index in [1.54, 1.807) is 24.3 Å². The van der Waals surface area contributed by atoms with Crippen molar-refractivity contribution in [1.82, 2.24) is 0 Å². The molecule has 0 spiro atoms. The molecular weight excluding hydrogens is 350 g/mol. The van der Waals surface area contributed by atoms with E-state index in [4.69, 9.17) is 9.57 Å². The van der Waals surface area contributed by atoms with Crippen LogP contribution in [0, 0.1) is 5.41 Å². The van der Waals surface area contributed by atoms with Crippen molar-refractivity contribution in [2.45, 2.75) is 40.0 Å². The molecule has 0 unspecified atom stereocenters. The molecule has 0 heterocycles. The number of ether oxygens (including phenoxy) is 1. The van der Waals surface area contributed by atoms with Crippen LogP contribution in [0.4, 0.5) is 0 Å². The molecular formula is C20H25NO4S. The number of Topliss-reactive ketones (excluding diaryl/α,β-unsaturated/α-hetero) is 1. The largest absolute Gasteiger partial charge is 0.427 e. The molecule has 1 aromatic rings. The number of rotatable bonds is 7. The van der Waals surface area contributed by atoms with Crippen LogP contribution >= 0.6 is 11.8 Å². The third-order valence-corrected chi connectivity index (χ3v) is 4.37. The van der Waals surface area contributed by atoms with Crippen LogP contribution in [0.5, 0.6) is 0 Å². The van der Waals surface area contributed by atoms with Crippen LogP contribution in [-0.4, -0.2) is 29.7 Å². The molecule has 0 atom stereocenters. The summed E-state index contributed by atoms with van der Waals surface area (Å²) in [6, 6.07) is 8.76. The second-order valence-electron chi connectivity index (χ2n) is 6.92. The fourth-order valence-electron chi connectivity index (χ4n) is 2.86. The van der Waals surface area contributed by atoms with Gasteiger partial charge in [0.1, 0.15) is 5.76 Å². The summed E-state index contributed by atoms with van der Waals surface area (Å²) in [4.78, 5) is 30.5. The van der Waals surface area contributed by atoms with E-state index in [0.29, 0.717) is 47.8 Å². The zero-order valence-corrected chi connectivity index (χ0v) is 16.5. The third-order valence-electron chi connectivity index (χ3n) is 4.03. The summed E-state index contributed by atoms with van der Waals surface area (Å²) in [6.45, 7) is 5.88. The lowest BCUT2D eigenvalue weighted by atomic mass is 9.75. The number of carbonyl (C=O) groups excluding carboxylic acids is 2. The van der Waals surface area contributed by atoms with Crippen LogP contribution in [-0.2, 0) is 14.4 Å². The van der Waals surface area contributed by atoms with Gasteiger partial charge in [0.15, 0.2) is 11.7 Å². The Kier molecular flexibility index (Phi) is 7.03. The quantitative estimate of drug-likeness (QED) is 0.229. The lowest BCUT2D eigenvalue weighted by Crippen LogP contribution is -2.31. The molecule has 26 heavy (non-hydrogen) atoms. The van der Waals surface area contributed by atoms with Crippen molar-refractivity contribution in [3.8, 4) is 0 Å². The number of allylic oxidation sites excluding steroid dienone is 2. The highest BCUT2D eigenvalue weighted by atomic mass is 32.2.